The molecular formula is C30H29FN4O2. The number of rotatable bonds is 7. The maximum Gasteiger partial charge on any atom is 0.257 e. The summed E-state index contributed by atoms with van der Waals surface area (Å²) in [7, 11) is 0. The number of carbonyl (C=O) groups is 1. The Labute approximate surface area is 215 Å². The van der Waals surface area contributed by atoms with E-state index in [1.807, 2.05) is 42.5 Å². The van der Waals surface area contributed by atoms with Crippen LogP contribution in [0.1, 0.15) is 29.3 Å². The largest absolute Gasteiger partial charge is 0.325 e. The van der Waals surface area contributed by atoms with Crippen molar-refractivity contribution in [3.8, 4) is 11.4 Å². The molecule has 0 radical (unpaired) electrons. The molecule has 1 aliphatic heterocycles. The number of benzene rings is 3. The normalized spacial score (nSPS) is 13.2. The number of hydrogen-bond acceptors (Lipinski definition) is 4. The Kier molecular flexibility index (Phi) is 7.23. The van der Waals surface area contributed by atoms with E-state index < -0.39 is 0 Å². The second-order valence-electron chi connectivity index (χ2n) is 9.30. The Bertz CT molecular complexity index is 1450. The van der Waals surface area contributed by atoms with Crippen molar-refractivity contribution in [2.24, 2.45) is 0 Å². The van der Waals surface area contributed by atoms with Gasteiger partial charge in [-0.3, -0.25) is 19.1 Å². The summed E-state index contributed by atoms with van der Waals surface area (Å²) >= 11 is 0. The predicted molar refractivity (Wildman–Crippen MR) is 143 cm³/mol. The summed E-state index contributed by atoms with van der Waals surface area (Å²) < 4.78 is 15.1. The number of nitrogens with one attached hydrogen (secondary N) is 1. The van der Waals surface area contributed by atoms with Crippen LogP contribution >= 0.6 is 0 Å². The third kappa shape index (κ3) is 5.67. The molecule has 4 aromatic rings. The van der Waals surface area contributed by atoms with Gasteiger partial charge in [0.25, 0.3) is 5.56 Å². The van der Waals surface area contributed by atoms with Gasteiger partial charge in [0, 0.05) is 36.4 Å². The van der Waals surface area contributed by atoms with Gasteiger partial charge in [0.15, 0.2) is 0 Å². The Morgan fingerprint density at radius 1 is 0.973 bits per heavy atom. The van der Waals surface area contributed by atoms with Gasteiger partial charge in [-0.15, -0.1) is 0 Å². The lowest BCUT2D eigenvalue weighted by Crippen LogP contribution is -2.39. The van der Waals surface area contributed by atoms with Gasteiger partial charge < -0.3 is 5.32 Å². The van der Waals surface area contributed by atoms with E-state index in [1.54, 1.807) is 12.1 Å². The first-order valence-corrected chi connectivity index (χ1v) is 12.5. The van der Waals surface area contributed by atoms with Crippen LogP contribution in [0.2, 0.25) is 0 Å². The summed E-state index contributed by atoms with van der Waals surface area (Å²) in [6.07, 6.45) is 1.46. The number of halogens is 1. The molecule has 1 aliphatic rings. The fourth-order valence-corrected chi connectivity index (χ4v) is 4.69. The van der Waals surface area contributed by atoms with Crippen LogP contribution in [-0.4, -0.2) is 26.9 Å². The predicted octanol–water partition coefficient (Wildman–Crippen LogP) is 4.81. The number of aromatic nitrogens is 2. The third-order valence-electron chi connectivity index (χ3n) is 6.70. The third-order valence-corrected chi connectivity index (χ3v) is 6.70. The second-order valence-corrected chi connectivity index (χ2v) is 9.30. The summed E-state index contributed by atoms with van der Waals surface area (Å²) in [4.78, 5) is 33.8. The van der Waals surface area contributed by atoms with E-state index in [4.69, 9.17) is 4.98 Å². The molecule has 0 bridgehead atoms. The molecule has 37 heavy (non-hydrogen) atoms. The van der Waals surface area contributed by atoms with E-state index in [2.05, 4.69) is 29.3 Å². The van der Waals surface area contributed by atoms with Crippen LogP contribution in [0.3, 0.4) is 0 Å². The molecule has 0 aliphatic carbocycles. The van der Waals surface area contributed by atoms with Gasteiger partial charge in [-0.05, 0) is 60.4 Å². The fraction of sp³-hybridized carbons (Fsp3) is 0.233. The molecule has 2 heterocycles. The first-order valence-electron chi connectivity index (χ1n) is 12.5. The van der Waals surface area contributed by atoms with Crippen molar-refractivity contribution in [1.82, 2.24) is 14.5 Å². The summed E-state index contributed by atoms with van der Waals surface area (Å²) in [6, 6.07) is 23.7. The molecule has 0 saturated carbocycles. The average molecular weight is 497 g/mol. The number of hydrogen-bond donors (Lipinski definition) is 1. The molecule has 7 heteroatoms. The molecule has 0 atom stereocenters. The lowest BCUT2D eigenvalue weighted by Gasteiger charge is -2.29. The van der Waals surface area contributed by atoms with Gasteiger partial charge in [-0.1, -0.05) is 49.4 Å². The highest BCUT2D eigenvalue weighted by molar-refractivity contribution is 5.90. The summed E-state index contributed by atoms with van der Waals surface area (Å²) in [5, 5.41) is 2.88. The molecule has 1 aromatic heterocycles. The SMILES string of the molecule is CCc1ccc(NC(=O)Cn2c(-c3ccc(F)cc3)nc3c(c2=O)CCN(Cc2ccccc2)C3)cc1. The van der Waals surface area contributed by atoms with Crippen molar-refractivity contribution in [3.63, 3.8) is 0 Å². The standard InChI is InChI=1S/C30H29FN4O2/c1-2-21-8-14-25(15-9-21)32-28(36)20-35-29(23-10-12-24(31)13-11-23)33-27-19-34(17-16-26(27)30(35)37)18-22-6-4-3-5-7-22/h3-15H,2,16-20H2,1H3,(H,32,36). The molecule has 1 N–H and O–H groups in total. The zero-order valence-corrected chi connectivity index (χ0v) is 20.8. The maximum atomic E-state index is 13.7. The van der Waals surface area contributed by atoms with Crippen molar-refractivity contribution in [2.45, 2.75) is 39.4 Å². The van der Waals surface area contributed by atoms with E-state index in [0.717, 1.165) is 19.5 Å². The molecule has 0 spiro atoms. The van der Waals surface area contributed by atoms with Gasteiger partial charge in [0.05, 0.1) is 5.69 Å². The molecule has 188 valence electrons. The fourth-order valence-electron chi connectivity index (χ4n) is 4.69. The van der Waals surface area contributed by atoms with Crippen LogP contribution in [0.4, 0.5) is 10.1 Å². The first kappa shape index (κ1) is 24.6. The van der Waals surface area contributed by atoms with Crippen LogP contribution in [0.5, 0.6) is 0 Å². The van der Waals surface area contributed by atoms with Crippen molar-refractivity contribution in [1.29, 1.82) is 0 Å². The molecule has 3 aromatic carbocycles. The van der Waals surface area contributed by atoms with Crippen LogP contribution in [0, 0.1) is 5.82 Å². The number of aryl methyl sites for hydroxylation is 1. The zero-order valence-electron chi connectivity index (χ0n) is 20.8. The lowest BCUT2D eigenvalue weighted by molar-refractivity contribution is -0.116. The van der Waals surface area contributed by atoms with Crippen molar-refractivity contribution in [2.75, 3.05) is 11.9 Å². The number of nitrogens with zero attached hydrogens (tertiary/aromatic N) is 3. The van der Waals surface area contributed by atoms with Gasteiger partial charge in [-0.25, -0.2) is 9.37 Å². The van der Waals surface area contributed by atoms with Gasteiger partial charge in [0.1, 0.15) is 18.2 Å². The Hall–Kier alpha value is -4.10. The van der Waals surface area contributed by atoms with Crippen LogP contribution in [0.15, 0.2) is 83.7 Å². The van der Waals surface area contributed by atoms with Crippen molar-refractivity contribution < 1.29 is 9.18 Å². The maximum absolute atomic E-state index is 13.7. The van der Waals surface area contributed by atoms with Gasteiger partial charge in [-0.2, -0.15) is 0 Å². The van der Waals surface area contributed by atoms with Crippen molar-refractivity contribution in [3.05, 3.63) is 117 Å². The topological polar surface area (TPSA) is 67.2 Å². The highest BCUT2D eigenvalue weighted by atomic mass is 19.1. The summed E-state index contributed by atoms with van der Waals surface area (Å²) in [6.45, 7) is 3.90. The van der Waals surface area contributed by atoms with Gasteiger partial charge >= 0.3 is 0 Å². The van der Waals surface area contributed by atoms with E-state index in [9.17, 15) is 14.0 Å². The lowest BCUT2D eigenvalue weighted by atomic mass is 10.0. The van der Waals surface area contributed by atoms with Crippen LogP contribution < -0.4 is 10.9 Å². The minimum atomic E-state index is -0.377. The smallest absolute Gasteiger partial charge is 0.257 e. The molecular weight excluding hydrogens is 467 g/mol. The number of anilines is 1. The Morgan fingerprint density at radius 3 is 2.41 bits per heavy atom. The van der Waals surface area contributed by atoms with E-state index in [-0.39, 0.29) is 23.8 Å². The summed E-state index contributed by atoms with van der Waals surface area (Å²) in [5.74, 6) is -0.335. The minimum Gasteiger partial charge on any atom is -0.325 e. The zero-order chi connectivity index (χ0) is 25.8. The second kappa shape index (κ2) is 10.9. The molecule has 0 unspecified atom stereocenters. The Balaban J connectivity index is 1.45. The summed E-state index contributed by atoms with van der Waals surface area (Å²) in [5.41, 5.74) is 4.74. The number of fused-ring (bicyclic) bond motifs is 1. The Morgan fingerprint density at radius 2 is 1.70 bits per heavy atom. The molecule has 0 fully saturated rings. The number of amides is 1. The van der Waals surface area contributed by atoms with Crippen molar-refractivity contribution >= 4 is 11.6 Å². The monoisotopic (exact) mass is 496 g/mol. The average Bonchev–Trinajstić information content (AvgIpc) is 2.91. The highest BCUT2D eigenvalue weighted by Crippen LogP contribution is 2.23. The first-order chi connectivity index (χ1) is 18.0. The van der Waals surface area contributed by atoms with Crippen LogP contribution in [0.25, 0.3) is 11.4 Å². The highest BCUT2D eigenvalue weighted by Gasteiger charge is 2.25. The van der Waals surface area contributed by atoms with E-state index >= 15 is 0 Å². The van der Waals surface area contributed by atoms with Gasteiger partial charge in [0.2, 0.25) is 5.91 Å². The molecule has 6 nitrogen and oxygen atoms in total. The van der Waals surface area contributed by atoms with E-state index in [1.165, 1.54) is 27.8 Å². The molecule has 5 rings (SSSR count). The van der Waals surface area contributed by atoms with E-state index in [0.29, 0.717) is 41.3 Å². The molecule has 1 amide bonds. The number of carbonyl (C=O) groups excluding carboxylic acids is 1. The molecule has 0 saturated heterocycles. The minimum absolute atomic E-state index is 0.185. The van der Waals surface area contributed by atoms with Crippen LogP contribution in [-0.2, 0) is 37.3 Å². The quantitative estimate of drug-likeness (QED) is 0.399.